The molecular weight excluding hydrogens is 334 g/mol. The summed E-state index contributed by atoms with van der Waals surface area (Å²) in [5, 5.41) is 15.6. The molecule has 2 aromatic rings. The van der Waals surface area contributed by atoms with Crippen molar-refractivity contribution in [1.82, 2.24) is 25.5 Å². The lowest BCUT2D eigenvalue weighted by atomic mass is 10.2. The van der Waals surface area contributed by atoms with E-state index in [-0.39, 0.29) is 12.4 Å². The van der Waals surface area contributed by atoms with Gasteiger partial charge in [0, 0.05) is 19.3 Å². The van der Waals surface area contributed by atoms with Gasteiger partial charge in [-0.1, -0.05) is 36.5 Å². The topological polar surface area (TPSA) is 64.9 Å². The second-order valence-electron chi connectivity index (χ2n) is 4.71. The highest BCUT2D eigenvalue weighted by molar-refractivity contribution is 7.99. The maximum absolute atomic E-state index is 5.45. The zero-order valence-electron chi connectivity index (χ0n) is 13.1. The minimum absolute atomic E-state index is 0. The second kappa shape index (κ2) is 11.0. The molecule has 2 rings (SSSR count). The summed E-state index contributed by atoms with van der Waals surface area (Å²) in [7, 11) is 1.85. The Balaban J connectivity index is 0.00000264. The third-order valence-electron chi connectivity index (χ3n) is 2.93. The molecule has 0 unspecified atom stereocenters. The van der Waals surface area contributed by atoms with E-state index in [1.54, 1.807) is 22.5 Å². The predicted molar refractivity (Wildman–Crippen MR) is 88.0 cm³/mol. The first-order valence-electron chi connectivity index (χ1n) is 7.18. The van der Waals surface area contributed by atoms with Crippen LogP contribution in [0.1, 0.15) is 12.0 Å². The first-order chi connectivity index (χ1) is 10.8. The highest BCUT2D eigenvalue weighted by Crippen LogP contribution is 2.13. The summed E-state index contributed by atoms with van der Waals surface area (Å²) >= 11 is 1.67. The van der Waals surface area contributed by atoms with Gasteiger partial charge in [-0.3, -0.25) is 0 Å². The van der Waals surface area contributed by atoms with E-state index in [9.17, 15) is 0 Å². The van der Waals surface area contributed by atoms with Gasteiger partial charge in [-0.15, -0.1) is 5.10 Å². The van der Waals surface area contributed by atoms with Crippen LogP contribution in [-0.4, -0.2) is 39.1 Å². The van der Waals surface area contributed by atoms with Gasteiger partial charge in [0.05, 0.1) is 0 Å². The Kier molecular flexibility index (Phi) is 9.35. The molecule has 0 amide bonds. The molecule has 6 nitrogen and oxygen atoms in total. The van der Waals surface area contributed by atoms with E-state index in [1.807, 2.05) is 19.2 Å². The number of tetrazole rings is 1. The maximum Gasteiger partial charge on any atom is 0.209 e. The highest BCUT2D eigenvalue weighted by atomic mass is 35.5. The molecule has 1 aromatic carbocycles. The van der Waals surface area contributed by atoms with Gasteiger partial charge in [-0.25, -0.2) is 4.68 Å². The summed E-state index contributed by atoms with van der Waals surface area (Å²) in [4.78, 5) is 0. The van der Waals surface area contributed by atoms with Crippen LogP contribution in [0.4, 0.5) is 0 Å². The molecule has 0 radical (unpaired) electrons. The molecule has 0 saturated heterocycles. The Hall–Kier alpha value is -1.57. The first kappa shape index (κ1) is 19.5. The van der Waals surface area contributed by atoms with E-state index in [0.29, 0.717) is 6.61 Å². The van der Waals surface area contributed by atoms with Gasteiger partial charge in [-0.2, -0.15) is 0 Å². The second-order valence-corrected chi connectivity index (χ2v) is 5.77. The largest absolute Gasteiger partial charge is 1.00 e. The maximum atomic E-state index is 5.45. The van der Waals surface area contributed by atoms with E-state index >= 15 is 0 Å². The zero-order valence-corrected chi connectivity index (χ0v) is 14.7. The van der Waals surface area contributed by atoms with Crippen molar-refractivity contribution in [3.8, 4) is 5.75 Å². The fraction of sp³-hybridized carbons (Fsp3) is 0.400. The third-order valence-corrected chi connectivity index (χ3v) is 4.03. The summed E-state index contributed by atoms with van der Waals surface area (Å²) in [6.07, 6.45) is 2.81. The van der Waals surface area contributed by atoms with Crippen molar-refractivity contribution in [3.05, 3.63) is 42.5 Å². The average Bonchev–Trinajstić information content (AvgIpc) is 2.95. The van der Waals surface area contributed by atoms with Gasteiger partial charge < -0.3 is 22.5 Å². The molecule has 1 heterocycles. The van der Waals surface area contributed by atoms with Crippen LogP contribution < -0.4 is 22.5 Å². The van der Waals surface area contributed by atoms with E-state index in [1.165, 1.54) is 5.56 Å². The number of benzene rings is 1. The van der Waals surface area contributed by atoms with Gasteiger partial charge in [0.1, 0.15) is 12.4 Å². The quantitative estimate of drug-likeness (QED) is 0.337. The summed E-state index contributed by atoms with van der Waals surface area (Å²) in [6, 6.07) is 8.12. The third kappa shape index (κ3) is 7.02. The van der Waals surface area contributed by atoms with Crippen molar-refractivity contribution in [2.45, 2.75) is 18.1 Å². The first-order valence-corrected chi connectivity index (χ1v) is 8.16. The molecule has 0 fully saturated rings. The van der Waals surface area contributed by atoms with Crippen molar-refractivity contribution in [1.29, 1.82) is 0 Å². The Morgan fingerprint density at radius 2 is 2.13 bits per heavy atom. The number of nitrogens with one attached hydrogen (secondary N) is 1. The van der Waals surface area contributed by atoms with Crippen LogP contribution in [0.25, 0.3) is 0 Å². The number of aromatic nitrogens is 4. The van der Waals surface area contributed by atoms with Crippen LogP contribution in [-0.2, 0) is 13.6 Å². The highest BCUT2D eigenvalue weighted by Gasteiger charge is 2.01. The molecule has 0 spiro atoms. The van der Waals surface area contributed by atoms with E-state index in [2.05, 4.69) is 39.6 Å². The molecular formula is C15H21ClN5OS-. The number of rotatable bonds is 10. The zero-order chi connectivity index (χ0) is 15.6. The lowest BCUT2D eigenvalue weighted by Crippen LogP contribution is -3.00. The number of thioether (sulfide) groups is 1. The van der Waals surface area contributed by atoms with Gasteiger partial charge in [-0.05, 0) is 41.1 Å². The standard InChI is InChI=1S/C15H21N5OS.ClH/c1-3-10-21-14-7-5-13(6-8-14)12-16-9-4-11-22-15-17-18-19-20(15)2;/h3,5-8,16H,1,4,9-12H2,2H3;1H/p-1. The molecule has 0 atom stereocenters. The van der Waals surface area contributed by atoms with Crippen molar-refractivity contribution in [2.24, 2.45) is 7.05 Å². The number of ether oxygens (including phenoxy) is 1. The van der Waals surface area contributed by atoms with Crippen molar-refractivity contribution in [3.63, 3.8) is 0 Å². The van der Waals surface area contributed by atoms with Crippen molar-refractivity contribution < 1.29 is 17.1 Å². The van der Waals surface area contributed by atoms with Crippen LogP contribution in [0.5, 0.6) is 5.75 Å². The Morgan fingerprint density at radius 3 is 2.78 bits per heavy atom. The van der Waals surface area contributed by atoms with E-state index in [0.717, 1.165) is 36.2 Å². The van der Waals surface area contributed by atoms with Crippen LogP contribution >= 0.6 is 11.8 Å². The van der Waals surface area contributed by atoms with Gasteiger partial charge in [0.15, 0.2) is 0 Å². The Morgan fingerprint density at radius 1 is 1.35 bits per heavy atom. The molecule has 1 aromatic heterocycles. The van der Waals surface area contributed by atoms with Gasteiger partial charge >= 0.3 is 0 Å². The molecule has 0 aliphatic carbocycles. The van der Waals surface area contributed by atoms with Gasteiger partial charge in [0.2, 0.25) is 5.16 Å². The Labute approximate surface area is 147 Å². The number of hydrogen-bond acceptors (Lipinski definition) is 6. The minimum Gasteiger partial charge on any atom is -1.00 e. The lowest BCUT2D eigenvalue weighted by molar-refractivity contribution is -0.00000516. The summed E-state index contributed by atoms with van der Waals surface area (Å²) < 4.78 is 7.14. The average molecular weight is 355 g/mol. The molecule has 23 heavy (non-hydrogen) atoms. The number of aryl methyl sites for hydroxylation is 1. The number of halogens is 1. The smallest absolute Gasteiger partial charge is 0.209 e. The summed E-state index contributed by atoms with van der Waals surface area (Å²) in [5.41, 5.74) is 1.25. The molecule has 0 saturated carbocycles. The van der Waals surface area contributed by atoms with Crippen LogP contribution in [0, 0.1) is 0 Å². The minimum atomic E-state index is 0. The van der Waals surface area contributed by atoms with Crippen molar-refractivity contribution >= 4 is 11.8 Å². The molecule has 8 heteroatoms. The predicted octanol–water partition coefficient (Wildman–Crippen LogP) is -0.949. The summed E-state index contributed by atoms with van der Waals surface area (Å²) in [6.45, 7) is 5.99. The van der Waals surface area contributed by atoms with Gasteiger partial charge in [0.25, 0.3) is 0 Å². The number of hydrogen-bond donors (Lipinski definition) is 1. The molecule has 126 valence electrons. The monoisotopic (exact) mass is 354 g/mol. The fourth-order valence-electron chi connectivity index (χ4n) is 1.80. The summed E-state index contributed by atoms with van der Waals surface area (Å²) in [5.74, 6) is 1.87. The normalized spacial score (nSPS) is 10.1. The lowest BCUT2D eigenvalue weighted by Gasteiger charge is -2.07. The SMILES string of the molecule is C=CCOc1ccc(CNCCCSc2nnnn2C)cc1.[Cl-]. The fourth-order valence-corrected chi connectivity index (χ4v) is 2.58. The van der Waals surface area contributed by atoms with E-state index in [4.69, 9.17) is 4.74 Å². The molecule has 0 bridgehead atoms. The van der Waals surface area contributed by atoms with Crippen molar-refractivity contribution in [2.75, 3.05) is 18.9 Å². The van der Waals surface area contributed by atoms with E-state index < -0.39 is 0 Å². The van der Waals surface area contributed by atoms with Crippen LogP contribution in [0.2, 0.25) is 0 Å². The van der Waals surface area contributed by atoms with Crippen LogP contribution in [0.3, 0.4) is 0 Å². The molecule has 0 aliphatic rings. The molecule has 0 aliphatic heterocycles. The molecule has 1 N–H and O–H groups in total. The number of nitrogens with zero attached hydrogens (tertiary/aromatic N) is 4. The van der Waals surface area contributed by atoms with Crippen LogP contribution in [0.15, 0.2) is 42.1 Å². The Bertz CT molecular complexity index is 576.